The maximum absolute atomic E-state index is 13.4. The van der Waals surface area contributed by atoms with Gasteiger partial charge in [-0.1, -0.05) is 61.0 Å². The van der Waals surface area contributed by atoms with Crippen LogP contribution in [0.15, 0.2) is 57.9 Å². The lowest BCUT2D eigenvalue weighted by Crippen LogP contribution is -2.46. The number of sulfone groups is 1. The van der Waals surface area contributed by atoms with Crippen molar-refractivity contribution in [2.75, 3.05) is 26.9 Å². The van der Waals surface area contributed by atoms with Crippen LogP contribution in [0.3, 0.4) is 0 Å². The number of hydrogen-bond donors (Lipinski definition) is 0. The first-order valence-corrected chi connectivity index (χ1v) is 18.4. The largest absolute Gasteiger partial charge is 0.444 e. The summed E-state index contributed by atoms with van der Waals surface area (Å²) in [5, 5.41) is -0.0264. The van der Waals surface area contributed by atoms with E-state index in [9.17, 15) is 13.2 Å². The van der Waals surface area contributed by atoms with Gasteiger partial charge < -0.3 is 13.9 Å². The van der Waals surface area contributed by atoms with E-state index >= 15 is 0 Å². The summed E-state index contributed by atoms with van der Waals surface area (Å²) in [5.74, 6) is -0.164. The Bertz CT molecular complexity index is 1200. The molecule has 2 rings (SSSR count). The van der Waals surface area contributed by atoms with Crippen molar-refractivity contribution in [1.82, 2.24) is 4.90 Å². The SMILES string of the molecule is COCCN(C(=O)OC(C)(C)C)C(CO[Si](C)(C)C(C)(C)C)c1cccc(CS(=O)(=O)c2ccc(Br)cc2)c1. The van der Waals surface area contributed by atoms with Crippen LogP contribution in [0.4, 0.5) is 4.79 Å². The van der Waals surface area contributed by atoms with Crippen LogP contribution in [0.5, 0.6) is 0 Å². The van der Waals surface area contributed by atoms with Gasteiger partial charge in [0.25, 0.3) is 0 Å². The van der Waals surface area contributed by atoms with Gasteiger partial charge >= 0.3 is 6.09 Å². The van der Waals surface area contributed by atoms with Gasteiger partial charge in [-0.25, -0.2) is 13.2 Å². The van der Waals surface area contributed by atoms with Crippen molar-refractivity contribution in [2.24, 2.45) is 0 Å². The quantitative estimate of drug-likeness (QED) is 0.238. The third-order valence-electron chi connectivity index (χ3n) is 6.81. The first-order chi connectivity index (χ1) is 17.9. The predicted octanol–water partition coefficient (Wildman–Crippen LogP) is 7.37. The molecule has 0 N–H and O–H groups in total. The van der Waals surface area contributed by atoms with E-state index in [1.807, 2.05) is 39.0 Å². The maximum Gasteiger partial charge on any atom is 0.410 e. The summed E-state index contributed by atoms with van der Waals surface area (Å²) in [6, 6.07) is 13.5. The number of carbonyl (C=O) groups is 1. The highest BCUT2D eigenvalue weighted by atomic mass is 79.9. The highest BCUT2D eigenvalue weighted by molar-refractivity contribution is 9.10. The summed E-state index contributed by atoms with van der Waals surface area (Å²) in [6.07, 6.45) is -0.476. The molecule has 0 bridgehead atoms. The predicted molar refractivity (Wildman–Crippen MR) is 162 cm³/mol. The fourth-order valence-electron chi connectivity index (χ4n) is 3.59. The van der Waals surface area contributed by atoms with Gasteiger partial charge in [-0.15, -0.1) is 0 Å². The van der Waals surface area contributed by atoms with Crippen LogP contribution in [0.1, 0.15) is 58.7 Å². The van der Waals surface area contributed by atoms with Crippen LogP contribution in [-0.4, -0.2) is 60.2 Å². The second-order valence-corrected chi connectivity index (χ2v) is 19.9. The smallest absolute Gasteiger partial charge is 0.410 e. The van der Waals surface area contributed by atoms with E-state index in [1.54, 1.807) is 42.3 Å². The lowest BCUT2D eigenvalue weighted by Gasteiger charge is -2.40. The van der Waals surface area contributed by atoms with Crippen molar-refractivity contribution in [3.63, 3.8) is 0 Å². The van der Waals surface area contributed by atoms with Crippen molar-refractivity contribution in [3.05, 3.63) is 64.1 Å². The van der Waals surface area contributed by atoms with Crippen LogP contribution in [0.25, 0.3) is 0 Å². The van der Waals surface area contributed by atoms with Crippen molar-refractivity contribution < 1.29 is 27.1 Å². The fraction of sp³-hybridized carbons (Fsp3) is 0.552. The molecule has 2 aromatic rings. The minimum absolute atomic E-state index is 0.0264. The zero-order valence-electron chi connectivity index (χ0n) is 24.7. The minimum atomic E-state index is -3.57. The molecule has 0 aliphatic rings. The second-order valence-electron chi connectivity index (χ2n) is 12.2. The van der Waals surface area contributed by atoms with Crippen molar-refractivity contribution >= 4 is 40.2 Å². The van der Waals surface area contributed by atoms with Gasteiger partial charge in [0.2, 0.25) is 0 Å². The molecule has 1 atom stereocenters. The van der Waals surface area contributed by atoms with Gasteiger partial charge in [0.05, 0.1) is 29.9 Å². The Labute approximate surface area is 244 Å². The van der Waals surface area contributed by atoms with E-state index in [-0.39, 0.29) is 22.3 Å². The van der Waals surface area contributed by atoms with E-state index in [1.165, 1.54) is 0 Å². The molecule has 7 nitrogen and oxygen atoms in total. The zero-order valence-corrected chi connectivity index (χ0v) is 28.1. The summed E-state index contributed by atoms with van der Waals surface area (Å²) in [7, 11) is -4.16. The van der Waals surface area contributed by atoms with E-state index in [0.29, 0.717) is 18.7 Å². The molecule has 0 aromatic heterocycles. The number of rotatable bonds is 11. The van der Waals surface area contributed by atoms with Gasteiger partial charge in [0.1, 0.15) is 5.60 Å². The van der Waals surface area contributed by atoms with Gasteiger partial charge in [-0.2, -0.15) is 0 Å². The first kappa shape index (κ1) is 33.5. The molecule has 2 aromatic carbocycles. The summed E-state index contributed by atoms with van der Waals surface area (Å²) in [6.45, 7) is 17.2. The molecule has 10 heteroatoms. The van der Waals surface area contributed by atoms with Crippen molar-refractivity contribution in [2.45, 2.75) is 82.0 Å². The Morgan fingerprint density at radius 1 is 1.03 bits per heavy atom. The normalized spacial score (nSPS) is 13.7. The monoisotopic (exact) mass is 641 g/mol. The number of amides is 1. The molecule has 0 saturated carbocycles. The molecule has 218 valence electrons. The van der Waals surface area contributed by atoms with E-state index < -0.39 is 35.9 Å². The Kier molecular flexibility index (Phi) is 11.4. The molecule has 0 fully saturated rings. The molecule has 0 aliphatic carbocycles. The van der Waals surface area contributed by atoms with E-state index in [4.69, 9.17) is 13.9 Å². The molecule has 1 unspecified atom stereocenters. The lowest BCUT2D eigenvalue weighted by molar-refractivity contribution is 0.00359. The number of ether oxygens (including phenoxy) is 2. The molecule has 0 heterocycles. The average Bonchev–Trinajstić information content (AvgIpc) is 2.79. The van der Waals surface area contributed by atoms with Crippen LogP contribution in [-0.2, 0) is 29.5 Å². The lowest BCUT2D eigenvalue weighted by atomic mass is 10.0. The number of halogens is 1. The van der Waals surface area contributed by atoms with Gasteiger partial charge in [-0.05, 0) is 74.3 Å². The van der Waals surface area contributed by atoms with E-state index in [0.717, 1.165) is 10.0 Å². The molecule has 0 spiro atoms. The summed E-state index contributed by atoms with van der Waals surface area (Å²) >= 11 is 3.35. The standard InChI is InChI=1S/C29H44BrNO6SSi/c1-28(2,3)37-27(32)31(17-18-35-7)26(20-36-39(8,9)29(4,5)6)23-12-10-11-22(19-23)21-38(33,34)25-15-13-24(30)14-16-25/h10-16,19,26H,17-18,20-21H2,1-9H3. The van der Waals surface area contributed by atoms with Crippen LogP contribution in [0.2, 0.25) is 18.1 Å². The highest BCUT2D eigenvalue weighted by Gasteiger charge is 2.39. The number of carbonyl (C=O) groups excluding carboxylic acids is 1. The van der Waals surface area contributed by atoms with Gasteiger partial charge in [-0.3, -0.25) is 4.90 Å². The van der Waals surface area contributed by atoms with Crippen molar-refractivity contribution in [3.8, 4) is 0 Å². The maximum atomic E-state index is 13.4. The Morgan fingerprint density at radius 3 is 2.18 bits per heavy atom. The number of hydrogen-bond acceptors (Lipinski definition) is 6. The van der Waals surface area contributed by atoms with Crippen LogP contribution in [0, 0.1) is 0 Å². The van der Waals surface area contributed by atoms with Crippen LogP contribution < -0.4 is 0 Å². The number of benzene rings is 2. The number of nitrogens with zero attached hydrogens (tertiary/aromatic N) is 1. The van der Waals surface area contributed by atoms with Gasteiger partial charge in [0, 0.05) is 18.1 Å². The Hall–Kier alpha value is -1.72. The molecular formula is C29H44BrNO6SSi. The summed E-state index contributed by atoms with van der Waals surface area (Å²) in [5.41, 5.74) is 0.719. The molecule has 0 aliphatic heterocycles. The minimum Gasteiger partial charge on any atom is -0.444 e. The fourth-order valence-corrected chi connectivity index (χ4v) is 6.20. The van der Waals surface area contributed by atoms with Crippen molar-refractivity contribution in [1.29, 1.82) is 0 Å². The van der Waals surface area contributed by atoms with Crippen LogP contribution >= 0.6 is 15.9 Å². The molecular weight excluding hydrogens is 598 g/mol. The molecule has 39 heavy (non-hydrogen) atoms. The first-order valence-electron chi connectivity index (χ1n) is 13.1. The summed E-state index contributed by atoms with van der Waals surface area (Å²) < 4.78 is 44.8. The summed E-state index contributed by atoms with van der Waals surface area (Å²) in [4.78, 5) is 15.3. The van der Waals surface area contributed by atoms with E-state index in [2.05, 4.69) is 49.8 Å². The number of methoxy groups -OCH3 is 1. The van der Waals surface area contributed by atoms with Gasteiger partial charge in [0.15, 0.2) is 18.2 Å². The molecule has 0 radical (unpaired) electrons. The molecule has 0 saturated heterocycles. The highest BCUT2D eigenvalue weighted by Crippen LogP contribution is 2.38. The molecule has 1 amide bonds. The third-order valence-corrected chi connectivity index (χ3v) is 13.5. The third kappa shape index (κ3) is 10.0. The second kappa shape index (κ2) is 13.3. The zero-order chi connectivity index (χ0) is 29.6. The average molecular weight is 643 g/mol. The Morgan fingerprint density at radius 2 is 1.64 bits per heavy atom. The Balaban J connectivity index is 2.50. The topological polar surface area (TPSA) is 82.1 Å².